The Bertz CT molecular complexity index is 1040. The molecule has 138 valence electrons. The number of rotatable bonds is 4. The molecule has 0 aliphatic rings. The van der Waals surface area contributed by atoms with Gasteiger partial charge >= 0.3 is 0 Å². The smallest absolute Gasteiger partial charge is 0.163 e. The predicted molar refractivity (Wildman–Crippen MR) is 111 cm³/mol. The van der Waals surface area contributed by atoms with Gasteiger partial charge in [0.25, 0.3) is 0 Å². The Morgan fingerprint density at radius 3 is 2.41 bits per heavy atom. The first kappa shape index (κ1) is 18.6. The normalized spacial score (nSPS) is 11.9. The Kier molecular flexibility index (Phi) is 5.21. The summed E-state index contributed by atoms with van der Waals surface area (Å²) in [6.07, 6.45) is 1.50. The van der Waals surface area contributed by atoms with Crippen molar-refractivity contribution in [2.45, 2.75) is 33.7 Å². The lowest BCUT2D eigenvalue weighted by atomic mass is 10.0. The zero-order chi connectivity index (χ0) is 18.1. The van der Waals surface area contributed by atoms with E-state index in [2.05, 4.69) is 72.3 Å². The van der Waals surface area contributed by atoms with Crippen LogP contribution < -0.4 is 5.73 Å². The molecule has 2 aromatic carbocycles. The summed E-state index contributed by atoms with van der Waals surface area (Å²) in [4.78, 5) is 8.64. The Morgan fingerprint density at radius 2 is 1.70 bits per heavy atom. The number of anilines is 1. The lowest BCUT2D eigenvalue weighted by Crippen LogP contribution is -2.08. The van der Waals surface area contributed by atoms with Crippen LogP contribution in [0.4, 0.5) is 5.82 Å². The van der Waals surface area contributed by atoms with E-state index in [1.165, 1.54) is 17.5 Å². The number of nitrogen functional groups attached to an aromatic ring is 1. The first-order valence-corrected chi connectivity index (χ1v) is 8.72. The molecule has 2 heterocycles. The summed E-state index contributed by atoms with van der Waals surface area (Å²) in [5.74, 6) is 0.769. The Balaban J connectivity index is 0.00000210. The molecule has 1 unspecified atom stereocenters. The minimum atomic E-state index is 0. The third kappa shape index (κ3) is 3.53. The van der Waals surface area contributed by atoms with Crippen LogP contribution in [0.15, 0.2) is 60.9 Å². The summed E-state index contributed by atoms with van der Waals surface area (Å²) in [5.41, 5.74) is 11.3. The van der Waals surface area contributed by atoms with Gasteiger partial charge in [0.1, 0.15) is 17.8 Å². The summed E-state index contributed by atoms with van der Waals surface area (Å²) in [6, 6.07) is 18.7. The van der Waals surface area contributed by atoms with E-state index in [0.29, 0.717) is 11.7 Å². The molecule has 5 heteroatoms. The zero-order valence-corrected chi connectivity index (χ0v) is 14.9. The molecule has 0 bridgehead atoms. The molecule has 0 aliphatic heterocycles. The van der Waals surface area contributed by atoms with E-state index in [1.54, 1.807) is 0 Å². The topological polar surface area (TPSA) is 69.6 Å². The quantitative estimate of drug-likeness (QED) is 0.567. The molecule has 27 heavy (non-hydrogen) atoms. The molecule has 0 radical (unpaired) electrons. The van der Waals surface area contributed by atoms with Gasteiger partial charge in [0, 0.05) is 18.0 Å². The van der Waals surface area contributed by atoms with Gasteiger partial charge in [-0.15, -0.1) is 0 Å². The summed E-state index contributed by atoms with van der Waals surface area (Å²) >= 11 is 0. The van der Waals surface area contributed by atoms with Crippen LogP contribution in [0.2, 0.25) is 0 Å². The highest BCUT2D eigenvalue weighted by Gasteiger charge is 2.18. The first-order valence-electron chi connectivity index (χ1n) is 8.72. The largest absolute Gasteiger partial charge is 0.383 e. The summed E-state index contributed by atoms with van der Waals surface area (Å²) < 4.78 is 1.94. The third-order valence-corrected chi connectivity index (χ3v) is 4.70. The van der Waals surface area contributed by atoms with Gasteiger partial charge in [0.2, 0.25) is 0 Å². The van der Waals surface area contributed by atoms with Gasteiger partial charge in [-0.3, -0.25) is 0 Å². The van der Waals surface area contributed by atoms with Gasteiger partial charge in [0.05, 0.1) is 5.39 Å². The van der Waals surface area contributed by atoms with Gasteiger partial charge in [0.15, 0.2) is 5.65 Å². The fourth-order valence-electron chi connectivity index (χ4n) is 3.22. The molecule has 4 rings (SSSR count). The number of nitrogens with two attached hydrogens (primary N) is 1. The average Bonchev–Trinajstić information content (AvgIpc) is 3.03. The van der Waals surface area contributed by atoms with Crippen LogP contribution in [0.5, 0.6) is 0 Å². The van der Waals surface area contributed by atoms with Gasteiger partial charge in [-0.05, 0) is 12.5 Å². The summed E-state index contributed by atoms with van der Waals surface area (Å²) in [6.45, 7) is 4.99. The van der Waals surface area contributed by atoms with Crippen LogP contribution >= 0.6 is 0 Å². The van der Waals surface area contributed by atoms with Crippen molar-refractivity contribution < 1.29 is 0 Å². The molecular formula is C22H25N5. The minimum Gasteiger partial charge on any atom is -0.383 e. The first-order chi connectivity index (χ1) is 12.6. The fraction of sp³-hybridized carbons (Fsp3) is 0.227. The second kappa shape index (κ2) is 7.58. The van der Waals surface area contributed by atoms with Crippen molar-refractivity contribution in [3.05, 3.63) is 72.1 Å². The zero-order valence-electron chi connectivity index (χ0n) is 14.9. The van der Waals surface area contributed by atoms with E-state index >= 15 is 0 Å². The van der Waals surface area contributed by atoms with Gasteiger partial charge in [-0.2, -0.15) is 5.10 Å². The molecule has 0 fully saturated rings. The van der Waals surface area contributed by atoms with Gasteiger partial charge in [-0.1, -0.05) is 74.5 Å². The number of aromatic nitrogens is 4. The molecule has 1 atom stereocenters. The number of hydrogen-bond acceptors (Lipinski definition) is 4. The second-order valence-corrected chi connectivity index (χ2v) is 6.67. The minimum absolute atomic E-state index is 0. The maximum atomic E-state index is 6.18. The molecule has 0 amide bonds. The van der Waals surface area contributed by atoms with Gasteiger partial charge in [-0.25, -0.2) is 14.6 Å². The monoisotopic (exact) mass is 359 g/mol. The van der Waals surface area contributed by atoms with Crippen molar-refractivity contribution in [3.8, 4) is 11.3 Å². The molecule has 4 aromatic rings. The Labute approximate surface area is 159 Å². The predicted octanol–water partition coefficient (Wildman–Crippen LogP) is 4.82. The molecule has 0 spiro atoms. The number of nitrogens with zero attached hydrogens (tertiary/aromatic N) is 4. The fourth-order valence-corrected chi connectivity index (χ4v) is 3.22. The van der Waals surface area contributed by atoms with Crippen molar-refractivity contribution >= 4 is 16.9 Å². The van der Waals surface area contributed by atoms with E-state index in [1.807, 2.05) is 10.7 Å². The van der Waals surface area contributed by atoms with Crippen LogP contribution in [-0.2, 0) is 6.54 Å². The highest BCUT2D eigenvalue weighted by molar-refractivity contribution is 5.98. The molecule has 0 aliphatic carbocycles. The van der Waals surface area contributed by atoms with Crippen molar-refractivity contribution in [2.24, 2.45) is 0 Å². The lowest BCUT2D eigenvalue weighted by Gasteiger charge is -2.12. The van der Waals surface area contributed by atoms with Crippen molar-refractivity contribution in [1.82, 2.24) is 19.7 Å². The maximum absolute atomic E-state index is 6.18. The molecule has 2 N–H and O–H groups in total. The van der Waals surface area contributed by atoms with E-state index in [4.69, 9.17) is 10.8 Å². The van der Waals surface area contributed by atoms with Crippen molar-refractivity contribution in [2.75, 3.05) is 5.73 Å². The standard InChI is InChI=1S/C21H21N5.CH4/c1-14-8-10-17(11-9-14)19-18-20(22)23-13-24-21(18)26(25-19)12-15(2)16-6-4-3-5-7-16;/h3-11,13,15H,12H2,1-2H3,(H2,22,23,24);1H4. The maximum Gasteiger partial charge on any atom is 0.163 e. The summed E-state index contributed by atoms with van der Waals surface area (Å²) in [7, 11) is 0. The van der Waals surface area contributed by atoms with Gasteiger partial charge < -0.3 is 5.73 Å². The van der Waals surface area contributed by atoms with E-state index < -0.39 is 0 Å². The third-order valence-electron chi connectivity index (χ3n) is 4.70. The number of hydrogen-bond donors (Lipinski definition) is 1. The SMILES string of the molecule is C.Cc1ccc(-c2nn(CC(C)c3ccccc3)c3ncnc(N)c23)cc1. The number of aryl methyl sites for hydroxylation is 1. The lowest BCUT2D eigenvalue weighted by molar-refractivity contribution is 0.556. The summed E-state index contributed by atoms with van der Waals surface area (Å²) in [5, 5.41) is 5.67. The van der Waals surface area contributed by atoms with Crippen LogP contribution in [0.25, 0.3) is 22.3 Å². The molecule has 0 saturated heterocycles. The Morgan fingerprint density at radius 1 is 1.00 bits per heavy atom. The molecule has 2 aromatic heterocycles. The van der Waals surface area contributed by atoms with Crippen LogP contribution in [0, 0.1) is 6.92 Å². The highest BCUT2D eigenvalue weighted by atomic mass is 15.3. The van der Waals surface area contributed by atoms with Crippen LogP contribution in [-0.4, -0.2) is 19.7 Å². The van der Waals surface area contributed by atoms with E-state index in [9.17, 15) is 0 Å². The van der Waals surface area contributed by atoms with Crippen LogP contribution in [0.3, 0.4) is 0 Å². The molecule has 0 saturated carbocycles. The second-order valence-electron chi connectivity index (χ2n) is 6.67. The van der Waals surface area contributed by atoms with E-state index in [-0.39, 0.29) is 7.43 Å². The van der Waals surface area contributed by atoms with Crippen molar-refractivity contribution in [1.29, 1.82) is 0 Å². The molecular weight excluding hydrogens is 334 g/mol. The highest BCUT2D eigenvalue weighted by Crippen LogP contribution is 2.31. The Hall–Kier alpha value is -3.21. The molecule has 5 nitrogen and oxygen atoms in total. The van der Waals surface area contributed by atoms with E-state index in [0.717, 1.165) is 28.8 Å². The number of benzene rings is 2. The van der Waals surface area contributed by atoms with Crippen molar-refractivity contribution in [3.63, 3.8) is 0 Å². The van der Waals surface area contributed by atoms with Crippen LogP contribution in [0.1, 0.15) is 31.4 Å². The number of fused-ring (bicyclic) bond motifs is 1. The average molecular weight is 359 g/mol.